The van der Waals surface area contributed by atoms with E-state index in [1.54, 1.807) is 28.6 Å². The van der Waals surface area contributed by atoms with E-state index >= 15 is 0 Å². The minimum absolute atomic E-state index is 0.00675. The zero-order valence-corrected chi connectivity index (χ0v) is 17.8. The molecule has 2 saturated heterocycles. The van der Waals surface area contributed by atoms with Crippen molar-refractivity contribution in [1.29, 1.82) is 0 Å². The molecule has 0 aromatic heterocycles. The van der Waals surface area contributed by atoms with Gasteiger partial charge in [-0.1, -0.05) is 39.0 Å². The Balaban J connectivity index is 1.85. The van der Waals surface area contributed by atoms with Crippen LogP contribution in [-0.4, -0.2) is 72.7 Å². The first kappa shape index (κ1) is 20.3. The highest BCUT2D eigenvalue weighted by atomic mass is 32.2. The van der Waals surface area contributed by atoms with Gasteiger partial charge in [-0.15, -0.1) is 0 Å². The van der Waals surface area contributed by atoms with Crippen LogP contribution in [0.1, 0.15) is 34.6 Å². The largest absolute Gasteiger partial charge is 0.339 e. The smallest absolute Gasteiger partial charge is 0.243 e. The van der Waals surface area contributed by atoms with E-state index in [2.05, 4.69) is 18.7 Å². The second-order valence-electron chi connectivity index (χ2n) is 9.27. The van der Waals surface area contributed by atoms with Crippen LogP contribution in [0.3, 0.4) is 0 Å². The number of fused-ring (bicyclic) bond motifs is 1. The Labute approximate surface area is 163 Å². The summed E-state index contributed by atoms with van der Waals surface area (Å²) in [6.07, 6.45) is 0. The van der Waals surface area contributed by atoms with Crippen molar-refractivity contribution in [3.63, 3.8) is 0 Å². The van der Waals surface area contributed by atoms with Gasteiger partial charge in [0, 0.05) is 49.7 Å². The van der Waals surface area contributed by atoms with Gasteiger partial charge in [-0.3, -0.25) is 9.69 Å². The predicted molar refractivity (Wildman–Crippen MR) is 106 cm³/mol. The van der Waals surface area contributed by atoms with Crippen LogP contribution in [0.4, 0.5) is 0 Å². The minimum Gasteiger partial charge on any atom is -0.339 e. The average molecular weight is 394 g/mol. The number of hydrogen-bond donors (Lipinski definition) is 0. The van der Waals surface area contributed by atoms with Crippen molar-refractivity contribution < 1.29 is 13.2 Å². The van der Waals surface area contributed by atoms with Gasteiger partial charge >= 0.3 is 0 Å². The number of carbonyl (C=O) groups is 1. The van der Waals surface area contributed by atoms with Crippen LogP contribution < -0.4 is 0 Å². The second-order valence-corrected chi connectivity index (χ2v) is 11.2. The number of carbonyl (C=O) groups excluding carboxylic acids is 1. The molecule has 2 aliphatic rings. The van der Waals surface area contributed by atoms with Crippen LogP contribution in [0.15, 0.2) is 35.2 Å². The van der Waals surface area contributed by atoms with Crippen molar-refractivity contribution in [1.82, 2.24) is 14.1 Å². The average Bonchev–Trinajstić information content (AvgIpc) is 2.60. The number of hydrogen-bond acceptors (Lipinski definition) is 4. The van der Waals surface area contributed by atoms with Gasteiger partial charge in [0.25, 0.3) is 0 Å². The Hall–Kier alpha value is -1.44. The highest BCUT2D eigenvalue weighted by Crippen LogP contribution is 2.32. The molecule has 1 aromatic rings. The molecular weight excluding hydrogens is 362 g/mol. The van der Waals surface area contributed by atoms with Crippen LogP contribution in [0.25, 0.3) is 0 Å². The second kappa shape index (κ2) is 6.87. The van der Waals surface area contributed by atoms with Gasteiger partial charge in [0.2, 0.25) is 15.9 Å². The molecule has 1 unspecified atom stereocenters. The molecule has 0 aliphatic carbocycles. The summed E-state index contributed by atoms with van der Waals surface area (Å²) in [6, 6.07) is 8.61. The van der Waals surface area contributed by atoms with Gasteiger partial charge in [-0.25, -0.2) is 8.42 Å². The topological polar surface area (TPSA) is 60.9 Å². The summed E-state index contributed by atoms with van der Waals surface area (Å²) in [5.74, 6) is 0.128. The maximum absolute atomic E-state index is 13.2. The van der Waals surface area contributed by atoms with Gasteiger partial charge in [0.05, 0.1) is 4.90 Å². The number of amides is 1. The highest BCUT2D eigenvalue weighted by molar-refractivity contribution is 7.89. The molecule has 150 valence electrons. The number of piperazine rings is 2. The summed E-state index contributed by atoms with van der Waals surface area (Å²) in [6.45, 7) is 12.9. The molecular formula is C20H31N3O3S. The van der Waals surface area contributed by atoms with Gasteiger partial charge in [0.15, 0.2) is 0 Å². The fourth-order valence-corrected chi connectivity index (χ4v) is 5.87. The van der Waals surface area contributed by atoms with Crippen LogP contribution in [0.5, 0.6) is 0 Å². The van der Waals surface area contributed by atoms with Gasteiger partial charge in [-0.2, -0.15) is 4.31 Å². The summed E-state index contributed by atoms with van der Waals surface area (Å²) in [7, 11) is -3.55. The van der Waals surface area contributed by atoms with Crippen LogP contribution in [0, 0.1) is 5.41 Å². The molecule has 0 spiro atoms. The molecule has 2 fully saturated rings. The molecule has 3 rings (SSSR count). The molecule has 6 nitrogen and oxygen atoms in total. The molecule has 2 aliphatic heterocycles. The Morgan fingerprint density at radius 3 is 2.30 bits per heavy atom. The molecule has 2 heterocycles. The first-order valence-corrected chi connectivity index (χ1v) is 11.0. The lowest BCUT2D eigenvalue weighted by Gasteiger charge is -2.55. The third-order valence-corrected chi connectivity index (χ3v) is 7.37. The molecule has 0 N–H and O–H groups in total. The fraction of sp³-hybridized carbons (Fsp3) is 0.650. The fourth-order valence-electron chi connectivity index (χ4n) is 4.21. The molecule has 7 heteroatoms. The van der Waals surface area contributed by atoms with Crippen LogP contribution in [-0.2, 0) is 14.8 Å². The molecule has 0 radical (unpaired) electrons. The summed E-state index contributed by atoms with van der Waals surface area (Å²) in [4.78, 5) is 17.3. The Kier molecular flexibility index (Phi) is 5.16. The third kappa shape index (κ3) is 3.91. The van der Waals surface area contributed by atoms with E-state index in [4.69, 9.17) is 0 Å². The molecule has 1 amide bonds. The first-order valence-electron chi connectivity index (χ1n) is 9.54. The van der Waals surface area contributed by atoms with Gasteiger partial charge in [-0.05, 0) is 26.0 Å². The summed E-state index contributed by atoms with van der Waals surface area (Å²) in [5.41, 5.74) is -0.705. The number of sulfonamides is 1. The zero-order valence-electron chi connectivity index (χ0n) is 17.0. The number of benzene rings is 1. The van der Waals surface area contributed by atoms with Crippen LogP contribution in [0.2, 0.25) is 0 Å². The Morgan fingerprint density at radius 1 is 1.07 bits per heavy atom. The van der Waals surface area contributed by atoms with E-state index < -0.39 is 15.4 Å². The number of rotatable bonds is 2. The molecule has 0 saturated carbocycles. The Morgan fingerprint density at radius 2 is 1.70 bits per heavy atom. The third-order valence-electron chi connectivity index (χ3n) is 5.55. The lowest BCUT2D eigenvalue weighted by Crippen LogP contribution is -2.71. The van der Waals surface area contributed by atoms with E-state index in [0.717, 1.165) is 6.54 Å². The molecule has 0 bridgehead atoms. The van der Waals surface area contributed by atoms with Crippen molar-refractivity contribution >= 4 is 15.9 Å². The van der Waals surface area contributed by atoms with E-state index in [1.807, 2.05) is 31.7 Å². The maximum atomic E-state index is 13.2. The lowest BCUT2D eigenvalue weighted by molar-refractivity contribution is -0.145. The molecule has 27 heavy (non-hydrogen) atoms. The monoisotopic (exact) mass is 393 g/mol. The van der Waals surface area contributed by atoms with Crippen molar-refractivity contribution in [3.8, 4) is 0 Å². The van der Waals surface area contributed by atoms with Crippen molar-refractivity contribution in [2.45, 2.75) is 51.1 Å². The van der Waals surface area contributed by atoms with E-state index in [0.29, 0.717) is 31.1 Å². The van der Waals surface area contributed by atoms with E-state index in [1.165, 1.54) is 0 Å². The van der Waals surface area contributed by atoms with Gasteiger partial charge in [0.1, 0.15) is 0 Å². The normalized spacial score (nSPS) is 24.5. The highest BCUT2D eigenvalue weighted by Gasteiger charge is 2.47. The lowest BCUT2D eigenvalue weighted by atomic mass is 9.91. The quantitative estimate of drug-likeness (QED) is 0.771. The molecule has 1 aromatic carbocycles. The van der Waals surface area contributed by atoms with E-state index in [-0.39, 0.29) is 17.5 Å². The van der Waals surface area contributed by atoms with Crippen molar-refractivity contribution in [3.05, 3.63) is 30.3 Å². The summed E-state index contributed by atoms with van der Waals surface area (Å²) in [5, 5.41) is 0. The van der Waals surface area contributed by atoms with Crippen LogP contribution >= 0.6 is 0 Å². The summed E-state index contributed by atoms with van der Waals surface area (Å²) < 4.78 is 27.9. The standard InChI is InChI=1S/C20H31N3O3S/c1-19(2,3)18(24)21-11-12-23-16(13-21)14-22(15-20(23,4)5)27(25,26)17-9-7-6-8-10-17/h6-10,16H,11-15H2,1-5H3. The SMILES string of the molecule is CC(C)(C)C(=O)N1CCN2C(C1)CN(S(=O)(=O)c1ccccc1)CC2(C)C. The minimum atomic E-state index is -3.55. The van der Waals surface area contributed by atoms with Gasteiger partial charge < -0.3 is 4.90 Å². The summed E-state index contributed by atoms with van der Waals surface area (Å²) >= 11 is 0. The number of nitrogens with zero attached hydrogens (tertiary/aromatic N) is 3. The van der Waals surface area contributed by atoms with Crippen molar-refractivity contribution in [2.75, 3.05) is 32.7 Å². The molecule has 1 atom stereocenters. The zero-order chi connectivity index (χ0) is 20.0. The maximum Gasteiger partial charge on any atom is 0.243 e. The Bertz CT molecular complexity index is 800. The van der Waals surface area contributed by atoms with E-state index in [9.17, 15) is 13.2 Å². The van der Waals surface area contributed by atoms with Crippen molar-refractivity contribution in [2.24, 2.45) is 5.41 Å². The predicted octanol–water partition coefficient (Wildman–Crippen LogP) is 2.03. The first-order chi connectivity index (χ1) is 12.4.